The minimum atomic E-state index is -4.29. The third-order valence-corrected chi connectivity index (χ3v) is 8.51. The number of nitrogens with two attached hydrogens (primary N) is 2. The number of H-pyrrole nitrogens is 1. The zero-order valence-electron chi connectivity index (χ0n) is 21.3. The molecule has 2 fully saturated rings. The average Bonchev–Trinajstić information content (AvgIpc) is 3.62. The van der Waals surface area contributed by atoms with Gasteiger partial charge in [0, 0.05) is 11.9 Å². The number of thiol groups is 1. The fourth-order valence-electron chi connectivity index (χ4n) is 4.92. The number of aliphatic hydroxyl groups excluding tert-OH is 1. The molecule has 0 spiro atoms. The van der Waals surface area contributed by atoms with Gasteiger partial charge in [-0.3, -0.25) is 23.4 Å². The maximum atomic E-state index is 15.7. The molecule has 0 saturated carbocycles. The molecule has 0 aromatic carbocycles. The van der Waals surface area contributed by atoms with Crippen molar-refractivity contribution in [2.45, 2.75) is 44.2 Å². The van der Waals surface area contributed by atoms with Crippen LogP contribution in [0.2, 0.25) is 0 Å². The quantitative estimate of drug-likeness (QED) is 0.160. The van der Waals surface area contributed by atoms with Gasteiger partial charge in [0.1, 0.15) is 30.0 Å². The van der Waals surface area contributed by atoms with Gasteiger partial charge in [-0.05, 0) is 25.0 Å². The number of allylic oxidation sites excluding steroid dienone is 1. The van der Waals surface area contributed by atoms with Gasteiger partial charge in [-0.2, -0.15) is 4.98 Å². The van der Waals surface area contributed by atoms with Crippen molar-refractivity contribution in [3.63, 3.8) is 0 Å². The second-order valence-electron chi connectivity index (χ2n) is 9.38. The Morgan fingerprint density at radius 3 is 2.90 bits per heavy atom. The third kappa shape index (κ3) is 5.01. The van der Waals surface area contributed by atoms with Crippen molar-refractivity contribution in [3.8, 4) is 0 Å². The second kappa shape index (κ2) is 10.5. The van der Waals surface area contributed by atoms with E-state index in [0.717, 1.165) is 0 Å². The topological polar surface area (TPSA) is 221 Å². The van der Waals surface area contributed by atoms with Crippen molar-refractivity contribution in [3.05, 3.63) is 40.8 Å². The van der Waals surface area contributed by atoms with E-state index in [4.69, 9.17) is 30.0 Å². The summed E-state index contributed by atoms with van der Waals surface area (Å²) >= 11 is 4.01. The largest absolute Gasteiger partial charge is 0.386 e. The van der Waals surface area contributed by atoms with Crippen molar-refractivity contribution < 1.29 is 32.6 Å². The van der Waals surface area contributed by atoms with Crippen molar-refractivity contribution in [2.75, 3.05) is 24.7 Å². The zero-order chi connectivity index (χ0) is 29.1. The molecule has 6 rings (SSSR count). The Labute approximate surface area is 235 Å². The average molecular weight is 610 g/mol. The summed E-state index contributed by atoms with van der Waals surface area (Å²) in [5, 5.41) is 11.7. The number of ether oxygens (including phenoxy) is 2. The first-order chi connectivity index (χ1) is 19.5. The van der Waals surface area contributed by atoms with Crippen LogP contribution in [0.4, 0.5) is 16.2 Å². The third-order valence-electron chi connectivity index (χ3n) is 6.90. The molecule has 6 N–H and O–H groups in total. The molecule has 6 heterocycles. The van der Waals surface area contributed by atoms with E-state index in [1.807, 2.05) is 0 Å². The molecule has 2 saturated heterocycles. The number of nitrogen functional groups attached to an aromatic ring is 2. The molecule has 19 heteroatoms. The van der Waals surface area contributed by atoms with Gasteiger partial charge >= 0.3 is 6.80 Å². The summed E-state index contributed by atoms with van der Waals surface area (Å²) in [6.07, 6.45) is -3.31. The number of nitrogens with zero attached hydrogens (tertiary/aromatic N) is 6. The van der Waals surface area contributed by atoms with Crippen LogP contribution in [-0.4, -0.2) is 77.0 Å². The molecular formula is C22H25FN9O7PS. The molecule has 218 valence electrons. The highest BCUT2D eigenvalue weighted by molar-refractivity contribution is 8.44. The van der Waals surface area contributed by atoms with Gasteiger partial charge < -0.3 is 30.6 Å². The van der Waals surface area contributed by atoms with Crippen LogP contribution in [0.1, 0.15) is 19.6 Å². The van der Waals surface area contributed by atoms with Gasteiger partial charge in [-0.1, -0.05) is 12.2 Å². The number of rotatable bonds is 2. The molecule has 2 aliphatic rings. The lowest BCUT2D eigenvalue weighted by Gasteiger charge is -2.26. The van der Waals surface area contributed by atoms with Crippen molar-refractivity contribution in [2.24, 2.45) is 0 Å². The van der Waals surface area contributed by atoms with Crippen LogP contribution in [0.15, 0.2) is 35.3 Å². The van der Waals surface area contributed by atoms with Crippen LogP contribution < -0.4 is 17.0 Å². The van der Waals surface area contributed by atoms with E-state index >= 15 is 4.39 Å². The Bertz CT molecular complexity index is 1780. The van der Waals surface area contributed by atoms with E-state index in [1.54, 1.807) is 23.8 Å². The molecule has 0 radical (unpaired) electrons. The van der Waals surface area contributed by atoms with Crippen LogP contribution in [0.5, 0.6) is 0 Å². The number of aliphatic hydroxyl groups is 1. The van der Waals surface area contributed by atoms with Crippen LogP contribution in [-0.2, 0) is 23.1 Å². The highest BCUT2D eigenvalue weighted by Gasteiger charge is 2.51. The fourth-order valence-corrected chi connectivity index (χ4v) is 6.36. The molecule has 4 aromatic heterocycles. The smallest absolute Gasteiger partial charge is 0.386 e. The van der Waals surface area contributed by atoms with Crippen LogP contribution >= 0.6 is 19.0 Å². The molecule has 6 atom stereocenters. The SMILES string of the molecule is C/C(=C1\CCOC2O[C@@H](n3cnc4c(=O)[nH]c(N)nc43)[C@H](OP(=O)(S)OC[C@H]1O)[C@@H]2F)n1ccc2c(N)ncnc21. The Morgan fingerprint density at radius 1 is 1.29 bits per heavy atom. The summed E-state index contributed by atoms with van der Waals surface area (Å²) in [7, 11) is 0. The predicted molar refractivity (Wildman–Crippen MR) is 146 cm³/mol. The van der Waals surface area contributed by atoms with E-state index < -0.39 is 49.9 Å². The van der Waals surface area contributed by atoms with E-state index in [1.165, 1.54) is 17.2 Å². The predicted octanol–water partition coefficient (Wildman–Crippen LogP) is 1.37. The monoisotopic (exact) mass is 609 g/mol. The molecule has 16 nitrogen and oxygen atoms in total. The highest BCUT2D eigenvalue weighted by atomic mass is 32.7. The number of fused-ring (bicyclic) bond motifs is 4. The molecule has 0 amide bonds. The maximum Gasteiger partial charge on any atom is 0.386 e. The molecule has 2 aliphatic heterocycles. The standard InChI is InChI=1S/C22H25FN9O7PS/c1-9(31-4-2-11-16(24)26-7-27-17(11)31)10-3-5-36-21-13(23)15(39-40(35,41)37-6-12(10)33)20(38-21)32-8-28-14-18(32)29-22(25)30-19(14)34/h2,4,7-8,12-13,15,20-21,33H,3,5-6H2,1H3,(H,35,41)(H2,24,26,27)(H3,25,29,30,34)/b10-9-/t12-,13+,15-,20-,21?,40?/m1/s1. The van der Waals surface area contributed by atoms with E-state index in [-0.39, 0.29) is 36.0 Å². The summed E-state index contributed by atoms with van der Waals surface area (Å²) in [6, 6.07) is 1.73. The van der Waals surface area contributed by atoms with Crippen molar-refractivity contribution in [1.29, 1.82) is 0 Å². The lowest BCUT2D eigenvalue weighted by atomic mass is 10.0. The van der Waals surface area contributed by atoms with Crippen molar-refractivity contribution >= 4 is 58.7 Å². The first-order valence-corrected chi connectivity index (χ1v) is 15.0. The fraction of sp³-hybridized carbons (Fsp3) is 0.409. The summed E-state index contributed by atoms with van der Waals surface area (Å²) in [5.74, 6) is 0.0851. The Hall–Kier alpha value is -3.38. The number of halogens is 1. The van der Waals surface area contributed by atoms with Crippen LogP contribution in [0.25, 0.3) is 27.9 Å². The molecule has 41 heavy (non-hydrogen) atoms. The Balaban J connectivity index is 1.35. The number of alkyl halides is 1. The first-order valence-electron chi connectivity index (χ1n) is 12.3. The van der Waals surface area contributed by atoms with Crippen LogP contribution in [0, 0.1) is 0 Å². The zero-order valence-corrected chi connectivity index (χ0v) is 23.1. The Kier molecular flexibility index (Phi) is 7.09. The van der Waals surface area contributed by atoms with Crippen molar-refractivity contribution in [1.82, 2.24) is 34.1 Å². The molecule has 2 bridgehead atoms. The number of hydrogen-bond donors (Lipinski definition) is 5. The maximum absolute atomic E-state index is 15.7. The van der Waals surface area contributed by atoms with Gasteiger partial charge in [0.15, 0.2) is 29.9 Å². The van der Waals surface area contributed by atoms with Gasteiger partial charge in [-0.25, -0.2) is 23.9 Å². The Morgan fingerprint density at radius 2 is 2.10 bits per heavy atom. The highest BCUT2D eigenvalue weighted by Crippen LogP contribution is 2.57. The summed E-state index contributed by atoms with van der Waals surface area (Å²) in [6.45, 7) is -3.14. The van der Waals surface area contributed by atoms with E-state index in [9.17, 15) is 14.5 Å². The number of hydrogen-bond acceptors (Lipinski definition) is 13. The molecule has 4 aromatic rings. The van der Waals surface area contributed by atoms with E-state index in [0.29, 0.717) is 22.3 Å². The minimum Gasteiger partial charge on any atom is -0.386 e. The number of imidazole rings is 1. The summed E-state index contributed by atoms with van der Waals surface area (Å²) in [4.78, 5) is 30.9. The van der Waals surface area contributed by atoms with Gasteiger partial charge in [0.05, 0.1) is 24.9 Å². The lowest BCUT2D eigenvalue weighted by Crippen LogP contribution is -2.32. The van der Waals surface area contributed by atoms with Gasteiger partial charge in [0.2, 0.25) is 5.95 Å². The lowest BCUT2D eigenvalue weighted by molar-refractivity contribution is -0.165. The summed E-state index contributed by atoms with van der Waals surface area (Å²) in [5.41, 5.74) is 12.4. The summed E-state index contributed by atoms with van der Waals surface area (Å²) < 4.78 is 54.3. The van der Waals surface area contributed by atoms with E-state index in [2.05, 4.69) is 37.2 Å². The molecule has 0 aliphatic carbocycles. The number of aromatic nitrogens is 7. The number of nitrogens with one attached hydrogen (secondary N) is 1. The molecule has 2 unspecified atom stereocenters. The molecular weight excluding hydrogens is 584 g/mol. The number of aromatic amines is 1. The first kappa shape index (κ1) is 27.8. The van der Waals surface area contributed by atoms with Gasteiger partial charge in [-0.15, -0.1) is 0 Å². The van der Waals surface area contributed by atoms with Gasteiger partial charge in [0.25, 0.3) is 5.56 Å². The van der Waals surface area contributed by atoms with Crippen LogP contribution in [0.3, 0.4) is 0 Å². The number of anilines is 2. The minimum absolute atomic E-state index is 0.0170. The second-order valence-corrected chi connectivity index (χ2v) is 12.3. The normalized spacial score (nSPS) is 30.8.